The van der Waals surface area contributed by atoms with E-state index in [1.54, 1.807) is 0 Å². The fraction of sp³-hybridized carbons (Fsp3) is 0.462. The smallest absolute Gasteiger partial charge is 0.235 e. The second kappa shape index (κ2) is 6.65. The van der Waals surface area contributed by atoms with Crippen LogP contribution in [-0.2, 0) is 14.6 Å². The molecule has 6 heteroatoms. The first-order valence-electron chi connectivity index (χ1n) is 6.06. The van der Waals surface area contributed by atoms with Gasteiger partial charge in [0, 0.05) is 6.54 Å². The largest absolute Gasteiger partial charge is 0.355 e. The van der Waals surface area contributed by atoms with Crippen molar-refractivity contribution in [3.8, 4) is 0 Å². The van der Waals surface area contributed by atoms with Gasteiger partial charge in [-0.25, -0.2) is 12.8 Å². The third-order valence-electron chi connectivity index (χ3n) is 2.52. The van der Waals surface area contributed by atoms with Gasteiger partial charge in [-0.3, -0.25) is 4.79 Å². The number of nitrogens with one attached hydrogen (secondary N) is 1. The Labute approximate surface area is 112 Å². The van der Waals surface area contributed by atoms with Gasteiger partial charge in [0.1, 0.15) is 11.6 Å². The minimum absolute atomic E-state index is 0.175. The number of hydrogen-bond acceptors (Lipinski definition) is 3. The number of rotatable bonds is 6. The Morgan fingerprint density at radius 2 is 2.05 bits per heavy atom. The summed E-state index contributed by atoms with van der Waals surface area (Å²) in [5, 5.41) is 2.54. The molecule has 4 nitrogen and oxygen atoms in total. The van der Waals surface area contributed by atoms with Crippen molar-refractivity contribution in [3.63, 3.8) is 0 Å². The quantitative estimate of drug-likeness (QED) is 0.867. The molecule has 1 N–H and O–H groups in total. The molecule has 0 spiro atoms. The molecule has 1 aromatic rings. The van der Waals surface area contributed by atoms with E-state index >= 15 is 0 Å². The lowest BCUT2D eigenvalue weighted by Crippen LogP contribution is -2.31. The van der Waals surface area contributed by atoms with Crippen LogP contribution in [0.3, 0.4) is 0 Å². The second-order valence-electron chi connectivity index (χ2n) is 4.75. The van der Waals surface area contributed by atoms with Crippen LogP contribution < -0.4 is 5.32 Å². The summed E-state index contributed by atoms with van der Waals surface area (Å²) in [5.41, 5.74) is 0. The van der Waals surface area contributed by atoms with Crippen molar-refractivity contribution < 1.29 is 17.6 Å². The molecule has 0 aromatic heterocycles. The van der Waals surface area contributed by atoms with Gasteiger partial charge in [0.15, 0.2) is 9.84 Å². The zero-order valence-electron chi connectivity index (χ0n) is 11.0. The standard InChI is InChI=1S/C13H18FNO3S/c1-10(2)6-7-15-13(16)9-19(17,18)12-5-3-4-11(14)8-12/h3-5,8,10H,6-7,9H2,1-2H3,(H,15,16). The molecule has 0 bridgehead atoms. The van der Waals surface area contributed by atoms with Crippen molar-refractivity contribution in [3.05, 3.63) is 30.1 Å². The molecule has 0 heterocycles. The van der Waals surface area contributed by atoms with Gasteiger partial charge in [-0.2, -0.15) is 0 Å². The molecule has 0 fully saturated rings. The average Bonchev–Trinajstić information content (AvgIpc) is 2.27. The van der Waals surface area contributed by atoms with E-state index in [2.05, 4.69) is 5.32 Å². The van der Waals surface area contributed by atoms with Crippen LogP contribution in [0.5, 0.6) is 0 Å². The first kappa shape index (κ1) is 15.6. The van der Waals surface area contributed by atoms with Gasteiger partial charge >= 0.3 is 0 Å². The highest BCUT2D eigenvalue weighted by molar-refractivity contribution is 7.92. The van der Waals surface area contributed by atoms with E-state index in [-0.39, 0.29) is 4.90 Å². The highest BCUT2D eigenvalue weighted by atomic mass is 32.2. The van der Waals surface area contributed by atoms with Crippen molar-refractivity contribution in [2.24, 2.45) is 5.92 Å². The van der Waals surface area contributed by atoms with Crippen LogP contribution in [-0.4, -0.2) is 26.6 Å². The van der Waals surface area contributed by atoms with Gasteiger partial charge in [0.25, 0.3) is 0 Å². The predicted octanol–water partition coefficient (Wildman–Crippen LogP) is 1.76. The van der Waals surface area contributed by atoms with Gasteiger partial charge < -0.3 is 5.32 Å². The topological polar surface area (TPSA) is 63.2 Å². The van der Waals surface area contributed by atoms with Gasteiger partial charge in [-0.15, -0.1) is 0 Å². The molecular weight excluding hydrogens is 269 g/mol. The number of carbonyl (C=O) groups is 1. The molecule has 19 heavy (non-hydrogen) atoms. The van der Waals surface area contributed by atoms with Gasteiger partial charge in [-0.05, 0) is 30.5 Å². The van der Waals surface area contributed by atoms with Crippen LogP contribution in [0.1, 0.15) is 20.3 Å². The lowest BCUT2D eigenvalue weighted by atomic mass is 10.1. The Morgan fingerprint density at radius 1 is 1.37 bits per heavy atom. The predicted molar refractivity (Wildman–Crippen MR) is 70.9 cm³/mol. The minimum atomic E-state index is -3.78. The second-order valence-corrected chi connectivity index (χ2v) is 6.74. The third-order valence-corrected chi connectivity index (χ3v) is 4.13. The summed E-state index contributed by atoms with van der Waals surface area (Å²) < 4.78 is 36.7. The number of carbonyl (C=O) groups excluding carboxylic acids is 1. The monoisotopic (exact) mass is 287 g/mol. The molecule has 1 amide bonds. The van der Waals surface area contributed by atoms with Crippen molar-refractivity contribution in [2.75, 3.05) is 12.3 Å². The molecule has 0 aliphatic heterocycles. The lowest BCUT2D eigenvalue weighted by Gasteiger charge is -2.08. The number of halogens is 1. The molecule has 0 atom stereocenters. The summed E-state index contributed by atoms with van der Waals surface area (Å²) >= 11 is 0. The minimum Gasteiger partial charge on any atom is -0.355 e. The maximum Gasteiger partial charge on any atom is 0.235 e. The molecule has 106 valence electrons. The number of hydrogen-bond donors (Lipinski definition) is 1. The lowest BCUT2D eigenvalue weighted by molar-refractivity contribution is -0.118. The van der Waals surface area contributed by atoms with Crippen molar-refractivity contribution >= 4 is 15.7 Å². The Kier molecular flexibility index (Phi) is 5.47. The first-order chi connectivity index (χ1) is 8.81. The molecule has 0 saturated heterocycles. The summed E-state index contributed by atoms with van der Waals surface area (Å²) in [6.45, 7) is 4.46. The van der Waals surface area contributed by atoms with E-state index in [1.807, 2.05) is 13.8 Å². The normalized spacial score (nSPS) is 11.6. The van der Waals surface area contributed by atoms with Crippen LogP contribution in [0.15, 0.2) is 29.2 Å². The van der Waals surface area contributed by atoms with E-state index in [9.17, 15) is 17.6 Å². The third kappa shape index (κ3) is 5.38. The van der Waals surface area contributed by atoms with E-state index in [4.69, 9.17) is 0 Å². The first-order valence-corrected chi connectivity index (χ1v) is 7.71. The SMILES string of the molecule is CC(C)CCNC(=O)CS(=O)(=O)c1cccc(F)c1. The average molecular weight is 287 g/mol. The zero-order valence-corrected chi connectivity index (χ0v) is 11.8. The maximum absolute atomic E-state index is 13.0. The van der Waals surface area contributed by atoms with E-state index in [1.165, 1.54) is 12.1 Å². The van der Waals surface area contributed by atoms with Crippen LogP contribution in [0, 0.1) is 11.7 Å². The highest BCUT2D eigenvalue weighted by Crippen LogP contribution is 2.12. The molecule has 0 aliphatic carbocycles. The molecule has 0 radical (unpaired) electrons. The van der Waals surface area contributed by atoms with Gasteiger partial charge in [-0.1, -0.05) is 19.9 Å². The van der Waals surface area contributed by atoms with Crippen LogP contribution in [0.25, 0.3) is 0 Å². The number of sulfone groups is 1. The van der Waals surface area contributed by atoms with Gasteiger partial charge in [0.2, 0.25) is 5.91 Å². The molecule has 1 aromatic carbocycles. The number of benzene rings is 1. The zero-order chi connectivity index (χ0) is 14.5. The summed E-state index contributed by atoms with van der Waals surface area (Å²) in [7, 11) is -3.78. The Hall–Kier alpha value is -1.43. The van der Waals surface area contributed by atoms with E-state index < -0.39 is 27.3 Å². The maximum atomic E-state index is 13.0. The van der Waals surface area contributed by atoms with Crippen molar-refractivity contribution in [2.45, 2.75) is 25.2 Å². The molecule has 0 aliphatic rings. The van der Waals surface area contributed by atoms with Crippen LogP contribution >= 0.6 is 0 Å². The Bertz CT molecular complexity index is 541. The molecule has 0 unspecified atom stereocenters. The summed E-state index contributed by atoms with van der Waals surface area (Å²) in [4.78, 5) is 11.3. The highest BCUT2D eigenvalue weighted by Gasteiger charge is 2.19. The fourth-order valence-electron chi connectivity index (χ4n) is 1.47. The van der Waals surface area contributed by atoms with Crippen molar-refractivity contribution in [1.29, 1.82) is 0 Å². The van der Waals surface area contributed by atoms with E-state index in [0.29, 0.717) is 12.5 Å². The molecule has 0 saturated carbocycles. The van der Waals surface area contributed by atoms with Crippen molar-refractivity contribution in [1.82, 2.24) is 5.32 Å². The van der Waals surface area contributed by atoms with Crippen LogP contribution in [0.2, 0.25) is 0 Å². The summed E-state index contributed by atoms with van der Waals surface area (Å²) in [6.07, 6.45) is 0.783. The van der Waals surface area contributed by atoms with Crippen LogP contribution in [0.4, 0.5) is 4.39 Å². The molecule has 1 rings (SSSR count). The van der Waals surface area contributed by atoms with Gasteiger partial charge in [0.05, 0.1) is 4.90 Å². The Morgan fingerprint density at radius 3 is 2.63 bits per heavy atom. The number of amides is 1. The summed E-state index contributed by atoms with van der Waals surface area (Å²) in [6, 6.07) is 4.65. The molecular formula is C13H18FNO3S. The van der Waals surface area contributed by atoms with E-state index in [0.717, 1.165) is 18.6 Å². The Balaban J connectivity index is 2.62. The fourth-order valence-corrected chi connectivity index (χ4v) is 2.66. The summed E-state index contributed by atoms with van der Waals surface area (Å²) in [5.74, 6) is -1.43.